The van der Waals surface area contributed by atoms with Gasteiger partial charge in [0, 0.05) is 13.1 Å². The molecular weight excluding hydrogens is 182 g/mol. The number of carbonyl (C=O) groups excluding carboxylic acids is 1. The molecule has 1 aliphatic heterocycles. The van der Waals surface area contributed by atoms with Gasteiger partial charge in [-0.2, -0.15) is 0 Å². The van der Waals surface area contributed by atoms with E-state index in [1.807, 2.05) is 6.92 Å². The van der Waals surface area contributed by atoms with Crippen molar-refractivity contribution in [1.82, 2.24) is 4.90 Å². The number of carbonyl (C=O) groups is 1. The Morgan fingerprint density at radius 2 is 2.21 bits per heavy atom. The zero-order valence-electron chi connectivity index (χ0n) is 8.28. The van der Waals surface area contributed by atoms with Crippen LogP contribution in [0.15, 0.2) is 10.5 Å². The van der Waals surface area contributed by atoms with Gasteiger partial charge < -0.3 is 14.4 Å². The van der Waals surface area contributed by atoms with Crippen LogP contribution in [0.5, 0.6) is 0 Å². The normalized spacial score (nSPS) is 16.9. The van der Waals surface area contributed by atoms with Gasteiger partial charge in [0.2, 0.25) is 0 Å². The molecule has 0 radical (unpaired) electrons. The largest absolute Gasteiger partial charge is 0.466 e. The molecular formula is C10H13NO3. The summed E-state index contributed by atoms with van der Waals surface area (Å²) in [5.74, 6) is 1.34. The maximum absolute atomic E-state index is 11.8. The molecule has 0 aromatic carbocycles. The van der Waals surface area contributed by atoms with Gasteiger partial charge in [-0.3, -0.25) is 4.79 Å². The lowest BCUT2D eigenvalue weighted by Crippen LogP contribution is -2.53. The molecule has 1 amide bonds. The highest BCUT2D eigenvalue weighted by Crippen LogP contribution is 2.19. The second-order valence-corrected chi connectivity index (χ2v) is 3.69. The van der Waals surface area contributed by atoms with E-state index in [0.717, 1.165) is 5.76 Å². The minimum absolute atomic E-state index is 0.0512. The molecule has 0 bridgehead atoms. The topological polar surface area (TPSA) is 53.7 Å². The first kappa shape index (κ1) is 9.27. The first-order valence-corrected chi connectivity index (χ1v) is 4.62. The monoisotopic (exact) mass is 195 g/mol. The van der Waals surface area contributed by atoms with Crippen molar-refractivity contribution < 1.29 is 14.3 Å². The molecule has 14 heavy (non-hydrogen) atoms. The SMILES string of the molecule is Cc1cc(C(=O)N2CC(O)C2)c(C)o1. The first-order chi connectivity index (χ1) is 6.58. The minimum Gasteiger partial charge on any atom is -0.466 e. The van der Waals surface area contributed by atoms with E-state index in [4.69, 9.17) is 9.52 Å². The van der Waals surface area contributed by atoms with Crippen molar-refractivity contribution in [1.29, 1.82) is 0 Å². The number of likely N-dealkylation sites (tertiary alicyclic amines) is 1. The molecule has 1 fully saturated rings. The van der Waals surface area contributed by atoms with Gasteiger partial charge in [-0.05, 0) is 19.9 Å². The number of furan rings is 1. The van der Waals surface area contributed by atoms with Gasteiger partial charge in [0.15, 0.2) is 0 Å². The van der Waals surface area contributed by atoms with Crippen LogP contribution in [0.4, 0.5) is 0 Å². The molecule has 4 heteroatoms. The minimum atomic E-state index is -0.354. The fourth-order valence-electron chi connectivity index (χ4n) is 1.63. The lowest BCUT2D eigenvalue weighted by Gasteiger charge is -2.35. The number of aryl methyl sites for hydroxylation is 2. The Balaban J connectivity index is 2.15. The molecule has 0 unspecified atom stereocenters. The molecule has 2 rings (SSSR count). The van der Waals surface area contributed by atoms with Crippen LogP contribution < -0.4 is 0 Å². The van der Waals surface area contributed by atoms with Crippen LogP contribution >= 0.6 is 0 Å². The maximum atomic E-state index is 11.8. The lowest BCUT2D eigenvalue weighted by molar-refractivity contribution is 0.00577. The Bertz CT molecular complexity index is 363. The Kier molecular flexibility index (Phi) is 2.07. The van der Waals surface area contributed by atoms with E-state index >= 15 is 0 Å². The van der Waals surface area contributed by atoms with Crippen molar-refractivity contribution in [3.05, 3.63) is 23.2 Å². The summed E-state index contributed by atoms with van der Waals surface area (Å²) in [5, 5.41) is 9.07. The molecule has 1 aromatic rings. The van der Waals surface area contributed by atoms with Crippen molar-refractivity contribution in [2.45, 2.75) is 20.0 Å². The molecule has 1 aliphatic rings. The Hall–Kier alpha value is -1.29. The molecule has 76 valence electrons. The summed E-state index contributed by atoms with van der Waals surface area (Å²) in [4.78, 5) is 13.4. The second kappa shape index (κ2) is 3.13. The lowest BCUT2D eigenvalue weighted by atomic mass is 10.1. The van der Waals surface area contributed by atoms with Crippen LogP contribution in [0.25, 0.3) is 0 Å². The van der Waals surface area contributed by atoms with Gasteiger partial charge in [-0.1, -0.05) is 0 Å². The molecule has 0 saturated carbocycles. The fourth-order valence-corrected chi connectivity index (χ4v) is 1.63. The first-order valence-electron chi connectivity index (χ1n) is 4.62. The summed E-state index contributed by atoms with van der Waals surface area (Å²) >= 11 is 0. The number of rotatable bonds is 1. The summed E-state index contributed by atoms with van der Waals surface area (Å²) in [5.41, 5.74) is 0.606. The average Bonchev–Trinajstić information content (AvgIpc) is 2.39. The molecule has 4 nitrogen and oxygen atoms in total. The predicted octanol–water partition coefficient (Wildman–Crippen LogP) is 0.713. The average molecular weight is 195 g/mol. The van der Waals surface area contributed by atoms with Crippen LogP contribution in [0, 0.1) is 13.8 Å². The summed E-state index contributed by atoms with van der Waals surface area (Å²) in [6.07, 6.45) is -0.354. The molecule has 0 aliphatic carbocycles. The highest BCUT2D eigenvalue weighted by atomic mass is 16.3. The summed E-state index contributed by atoms with van der Waals surface area (Å²) in [7, 11) is 0. The van der Waals surface area contributed by atoms with Gasteiger partial charge in [0.05, 0.1) is 11.7 Å². The van der Waals surface area contributed by atoms with Crippen molar-refractivity contribution in [2.75, 3.05) is 13.1 Å². The highest BCUT2D eigenvalue weighted by molar-refractivity contribution is 5.95. The van der Waals surface area contributed by atoms with Gasteiger partial charge in [-0.15, -0.1) is 0 Å². The third-order valence-electron chi connectivity index (χ3n) is 2.42. The van der Waals surface area contributed by atoms with Gasteiger partial charge in [-0.25, -0.2) is 0 Å². The van der Waals surface area contributed by atoms with Crippen LogP contribution in [0.3, 0.4) is 0 Å². The quantitative estimate of drug-likeness (QED) is 0.718. The van der Waals surface area contributed by atoms with Crippen molar-refractivity contribution >= 4 is 5.91 Å². The van der Waals surface area contributed by atoms with Gasteiger partial charge >= 0.3 is 0 Å². The summed E-state index contributed by atoms with van der Waals surface area (Å²) < 4.78 is 5.27. The standard InChI is InChI=1S/C10H13NO3/c1-6-3-9(7(2)14-6)10(13)11-4-8(12)5-11/h3,8,12H,4-5H2,1-2H3. The summed E-state index contributed by atoms with van der Waals surface area (Å²) in [6.45, 7) is 4.45. The Morgan fingerprint density at radius 3 is 2.64 bits per heavy atom. The number of β-amino-alcohol motifs (C(OH)–C–C–N with tert-alkyl or cyclic N) is 1. The van der Waals surface area contributed by atoms with Crippen LogP contribution in [-0.4, -0.2) is 35.1 Å². The van der Waals surface area contributed by atoms with Crippen molar-refractivity contribution in [3.63, 3.8) is 0 Å². The van der Waals surface area contributed by atoms with Crippen molar-refractivity contribution in [2.24, 2.45) is 0 Å². The maximum Gasteiger partial charge on any atom is 0.257 e. The zero-order valence-corrected chi connectivity index (χ0v) is 8.28. The van der Waals surface area contributed by atoms with Gasteiger partial charge in [0.1, 0.15) is 11.5 Å². The zero-order chi connectivity index (χ0) is 10.3. The molecule has 2 heterocycles. The van der Waals surface area contributed by atoms with E-state index in [-0.39, 0.29) is 12.0 Å². The Labute approximate surface area is 82.1 Å². The highest BCUT2D eigenvalue weighted by Gasteiger charge is 2.31. The van der Waals surface area contributed by atoms with E-state index in [1.165, 1.54) is 0 Å². The van der Waals surface area contributed by atoms with Crippen LogP contribution in [0.1, 0.15) is 21.9 Å². The number of aliphatic hydroxyl groups excluding tert-OH is 1. The summed E-state index contributed by atoms with van der Waals surface area (Å²) in [6, 6.07) is 1.74. The van der Waals surface area contributed by atoms with Crippen molar-refractivity contribution in [3.8, 4) is 0 Å². The second-order valence-electron chi connectivity index (χ2n) is 3.69. The number of hydrogen-bond acceptors (Lipinski definition) is 3. The third kappa shape index (κ3) is 1.42. The number of hydrogen-bond donors (Lipinski definition) is 1. The number of aliphatic hydroxyl groups is 1. The Morgan fingerprint density at radius 1 is 1.57 bits per heavy atom. The molecule has 0 spiro atoms. The molecule has 1 aromatic heterocycles. The van der Waals surface area contributed by atoms with E-state index in [9.17, 15) is 4.79 Å². The van der Waals surface area contributed by atoms with E-state index < -0.39 is 0 Å². The number of amides is 1. The number of nitrogens with zero attached hydrogens (tertiary/aromatic N) is 1. The van der Waals surface area contributed by atoms with E-state index in [2.05, 4.69) is 0 Å². The van der Waals surface area contributed by atoms with Crippen LogP contribution in [0.2, 0.25) is 0 Å². The predicted molar refractivity (Wildman–Crippen MR) is 50.1 cm³/mol. The van der Waals surface area contributed by atoms with E-state index in [0.29, 0.717) is 24.4 Å². The fraction of sp³-hybridized carbons (Fsp3) is 0.500. The molecule has 1 saturated heterocycles. The smallest absolute Gasteiger partial charge is 0.257 e. The molecule has 1 N–H and O–H groups in total. The third-order valence-corrected chi connectivity index (χ3v) is 2.42. The van der Waals surface area contributed by atoms with E-state index in [1.54, 1.807) is 17.9 Å². The molecule has 0 atom stereocenters. The van der Waals surface area contributed by atoms with Gasteiger partial charge in [0.25, 0.3) is 5.91 Å². The van der Waals surface area contributed by atoms with Crippen LogP contribution in [-0.2, 0) is 0 Å².